The fourth-order valence-corrected chi connectivity index (χ4v) is 2.97. The lowest BCUT2D eigenvalue weighted by Crippen LogP contribution is -2.24. The van der Waals surface area contributed by atoms with Crippen LogP contribution in [0.3, 0.4) is 0 Å². The zero-order valence-electron chi connectivity index (χ0n) is 10.5. The summed E-state index contributed by atoms with van der Waals surface area (Å²) in [5.74, 6) is 0. The van der Waals surface area contributed by atoms with Crippen molar-refractivity contribution in [2.75, 3.05) is 29.9 Å². The third-order valence-electron chi connectivity index (χ3n) is 4.00. The van der Waals surface area contributed by atoms with Crippen molar-refractivity contribution in [2.24, 2.45) is 0 Å². The van der Waals surface area contributed by atoms with Gasteiger partial charge in [0.1, 0.15) is 0 Å². The van der Waals surface area contributed by atoms with Gasteiger partial charge >= 0.3 is 0 Å². The molecule has 2 nitrogen and oxygen atoms in total. The van der Waals surface area contributed by atoms with Crippen LogP contribution in [-0.4, -0.2) is 19.6 Å². The van der Waals surface area contributed by atoms with Crippen LogP contribution in [0.1, 0.15) is 37.7 Å². The van der Waals surface area contributed by atoms with E-state index in [4.69, 9.17) is 0 Å². The minimum atomic E-state index is 1.14. The number of rotatable bonds is 1. The molecule has 1 N–H and O–H groups in total. The maximum Gasteiger partial charge on any atom is 0.0393 e. The summed E-state index contributed by atoms with van der Waals surface area (Å²) in [5, 5.41) is 3.53. The Bertz CT molecular complexity index is 379. The van der Waals surface area contributed by atoms with Gasteiger partial charge in [-0.3, -0.25) is 0 Å². The first-order chi connectivity index (χ1) is 8.43. The lowest BCUT2D eigenvalue weighted by Gasteiger charge is -2.25. The molecule has 2 aliphatic rings. The second kappa shape index (κ2) is 4.99. The van der Waals surface area contributed by atoms with Crippen LogP contribution in [0.5, 0.6) is 0 Å². The number of fused-ring (bicyclic) bond motifs is 1. The maximum atomic E-state index is 3.53. The van der Waals surface area contributed by atoms with Gasteiger partial charge in [0.05, 0.1) is 0 Å². The minimum absolute atomic E-state index is 1.14. The van der Waals surface area contributed by atoms with Gasteiger partial charge in [0.15, 0.2) is 0 Å². The van der Waals surface area contributed by atoms with Crippen LogP contribution in [0.25, 0.3) is 0 Å². The summed E-state index contributed by atoms with van der Waals surface area (Å²) in [6.45, 7) is 3.61. The molecule has 92 valence electrons. The average Bonchev–Trinajstić information content (AvgIpc) is 2.67. The number of nitrogens with zero attached hydrogens (tertiary/aromatic N) is 1. The highest BCUT2D eigenvalue weighted by atomic mass is 15.1. The molecule has 2 heteroatoms. The summed E-state index contributed by atoms with van der Waals surface area (Å²) in [4.78, 5) is 2.56. The van der Waals surface area contributed by atoms with E-state index < -0.39 is 0 Å². The molecule has 1 saturated heterocycles. The van der Waals surface area contributed by atoms with Crippen molar-refractivity contribution in [3.05, 3.63) is 23.8 Å². The first-order valence-electron chi connectivity index (χ1n) is 7.05. The Balaban J connectivity index is 1.82. The van der Waals surface area contributed by atoms with Crippen LogP contribution in [0, 0.1) is 0 Å². The molecule has 0 unspecified atom stereocenters. The smallest absolute Gasteiger partial charge is 0.0393 e. The number of benzene rings is 1. The van der Waals surface area contributed by atoms with Crippen molar-refractivity contribution in [3.8, 4) is 0 Å². The van der Waals surface area contributed by atoms with Gasteiger partial charge in [-0.2, -0.15) is 0 Å². The highest BCUT2D eigenvalue weighted by Crippen LogP contribution is 2.28. The molecule has 17 heavy (non-hydrogen) atoms. The zero-order chi connectivity index (χ0) is 11.5. The van der Waals surface area contributed by atoms with E-state index in [2.05, 4.69) is 28.4 Å². The summed E-state index contributed by atoms with van der Waals surface area (Å²) in [6.07, 6.45) is 8.02. The molecular weight excluding hydrogens is 208 g/mol. The van der Waals surface area contributed by atoms with E-state index in [-0.39, 0.29) is 0 Å². The molecule has 1 fully saturated rings. The quantitative estimate of drug-likeness (QED) is 0.795. The molecule has 0 saturated carbocycles. The number of aryl methyl sites for hydroxylation is 1. The highest BCUT2D eigenvalue weighted by Gasteiger charge is 2.13. The van der Waals surface area contributed by atoms with Crippen LogP contribution < -0.4 is 10.2 Å². The molecule has 0 amide bonds. The van der Waals surface area contributed by atoms with Crippen molar-refractivity contribution in [1.82, 2.24) is 0 Å². The second-order valence-corrected chi connectivity index (χ2v) is 5.27. The lowest BCUT2D eigenvalue weighted by atomic mass is 10.0. The van der Waals surface area contributed by atoms with Crippen LogP contribution in [-0.2, 0) is 6.42 Å². The Morgan fingerprint density at radius 3 is 2.59 bits per heavy atom. The van der Waals surface area contributed by atoms with E-state index in [0.717, 1.165) is 6.54 Å². The number of hydrogen-bond acceptors (Lipinski definition) is 2. The van der Waals surface area contributed by atoms with E-state index in [1.807, 2.05) is 0 Å². The first kappa shape index (κ1) is 10.9. The maximum absolute atomic E-state index is 3.53. The van der Waals surface area contributed by atoms with E-state index in [1.165, 1.54) is 68.6 Å². The van der Waals surface area contributed by atoms with Gasteiger partial charge in [0, 0.05) is 31.0 Å². The standard InChI is InChI=1S/C15H22N2/c1-2-4-11-17(10-3-1)14-8-7-13-6-5-9-16-15(13)12-14/h7-8,12,16H,1-6,9-11H2. The fraction of sp³-hybridized carbons (Fsp3) is 0.600. The molecule has 2 heterocycles. The van der Waals surface area contributed by atoms with Gasteiger partial charge in [0.2, 0.25) is 0 Å². The Kier molecular flexibility index (Phi) is 3.21. The topological polar surface area (TPSA) is 15.3 Å². The molecule has 0 bridgehead atoms. The molecular formula is C15H22N2. The van der Waals surface area contributed by atoms with Gasteiger partial charge in [-0.15, -0.1) is 0 Å². The minimum Gasteiger partial charge on any atom is -0.385 e. The number of hydrogen-bond donors (Lipinski definition) is 1. The summed E-state index contributed by atoms with van der Waals surface area (Å²) in [6, 6.07) is 7.00. The molecule has 1 aromatic rings. The molecule has 0 spiro atoms. The molecule has 2 aliphatic heterocycles. The van der Waals surface area contributed by atoms with E-state index in [0.29, 0.717) is 0 Å². The third-order valence-corrected chi connectivity index (χ3v) is 4.00. The predicted octanol–water partition coefficient (Wildman–Crippen LogP) is 3.43. The average molecular weight is 230 g/mol. The summed E-state index contributed by atoms with van der Waals surface area (Å²) >= 11 is 0. The third kappa shape index (κ3) is 2.41. The van der Waals surface area contributed by atoms with Gasteiger partial charge in [0.25, 0.3) is 0 Å². The van der Waals surface area contributed by atoms with Crippen molar-refractivity contribution < 1.29 is 0 Å². The summed E-state index contributed by atoms with van der Waals surface area (Å²) in [5.41, 5.74) is 4.29. The number of anilines is 2. The Hall–Kier alpha value is -1.18. The molecule has 0 aromatic heterocycles. The Labute approximate surface area is 104 Å². The largest absolute Gasteiger partial charge is 0.385 e. The van der Waals surface area contributed by atoms with Crippen molar-refractivity contribution in [1.29, 1.82) is 0 Å². The van der Waals surface area contributed by atoms with Gasteiger partial charge < -0.3 is 10.2 Å². The SMILES string of the molecule is c1cc2c(cc1N1CCCCCC1)NCCC2. The zero-order valence-corrected chi connectivity index (χ0v) is 10.5. The van der Waals surface area contributed by atoms with Crippen molar-refractivity contribution >= 4 is 11.4 Å². The predicted molar refractivity (Wildman–Crippen MR) is 73.9 cm³/mol. The highest BCUT2D eigenvalue weighted by molar-refractivity contribution is 5.63. The molecule has 1 aromatic carbocycles. The van der Waals surface area contributed by atoms with Crippen LogP contribution in [0.4, 0.5) is 11.4 Å². The van der Waals surface area contributed by atoms with Gasteiger partial charge in [-0.25, -0.2) is 0 Å². The normalized spacial score (nSPS) is 20.4. The van der Waals surface area contributed by atoms with E-state index in [9.17, 15) is 0 Å². The lowest BCUT2D eigenvalue weighted by molar-refractivity contribution is 0.726. The monoisotopic (exact) mass is 230 g/mol. The molecule has 0 atom stereocenters. The fourth-order valence-electron chi connectivity index (χ4n) is 2.97. The Morgan fingerprint density at radius 2 is 1.76 bits per heavy atom. The summed E-state index contributed by atoms with van der Waals surface area (Å²) in [7, 11) is 0. The molecule has 0 radical (unpaired) electrons. The van der Waals surface area contributed by atoms with Crippen molar-refractivity contribution in [3.63, 3.8) is 0 Å². The number of nitrogens with one attached hydrogen (secondary N) is 1. The van der Waals surface area contributed by atoms with Crippen LogP contribution in [0.15, 0.2) is 18.2 Å². The van der Waals surface area contributed by atoms with Gasteiger partial charge in [-0.1, -0.05) is 18.9 Å². The van der Waals surface area contributed by atoms with Crippen molar-refractivity contribution in [2.45, 2.75) is 38.5 Å². The molecule has 0 aliphatic carbocycles. The Morgan fingerprint density at radius 1 is 0.941 bits per heavy atom. The second-order valence-electron chi connectivity index (χ2n) is 5.27. The first-order valence-corrected chi connectivity index (χ1v) is 7.05. The van der Waals surface area contributed by atoms with Crippen LogP contribution >= 0.6 is 0 Å². The summed E-state index contributed by atoms with van der Waals surface area (Å²) < 4.78 is 0. The molecule has 3 rings (SSSR count). The van der Waals surface area contributed by atoms with E-state index >= 15 is 0 Å². The van der Waals surface area contributed by atoms with E-state index in [1.54, 1.807) is 0 Å². The van der Waals surface area contributed by atoms with Gasteiger partial charge in [-0.05, 0) is 43.4 Å². The van der Waals surface area contributed by atoms with Crippen LogP contribution in [0.2, 0.25) is 0 Å².